The van der Waals surface area contributed by atoms with Crippen LogP contribution in [0.4, 0.5) is 30.6 Å². The smallest absolute Gasteiger partial charge is 0.367 e. The van der Waals surface area contributed by atoms with Crippen LogP contribution in [0, 0.1) is 0 Å². The van der Waals surface area contributed by atoms with E-state index in [0.717, 1.165) is 39.8 Å². The van der Waals surface area contributed by atoms with Crippen molar-refractivity contribution >= 4 is 51.4 Å². The Morgan fingerprint density at radius 3 is 2.27 bits per heavy atom. The summed E-state index contributed by atoms with van der Waals surface area (Å²) in [7, 11) is 0. The highest BCUT2D eigenvalue weighted by Crippen LogP contribution is 2.35. The van der Waals surface area contributed by atoms with Gasteiger partial charge < -0.3 is 15.1 Å². The third-order valence-electron chi connectivity index (χ3n) is 7.62. The zero-order chi connectivity index (χ0) is 28.0. The SMILES string of the molecule is FC(F)(F)c1cc(N2CCN(c3nc(NC4C=c5cccnc5=CC4)c4ccccc4n3)CC2)c2ccccc2n1. The van der Waals surface area contributed by atoms with E-state index in [-0.39, 0.29) is 6.04 Å². The van der Waals surface area contributed by atoms with Crippen LogP contribution >= 0.6 is 0 Å². The van der Waals surface area contributed by atoms with E-state index in [0.29, 0.717) is 48.7 Å². The monoisotopic (exact) mass is 553 g/mol. The summed E-state index contributed by atoms with van der Waals surface area (Å²) in [4.78, 5) is 22.2. The maximum absolute atomic E-state index is 13.6. The number of para-hydroxylation sites is 2. The maximum atomic E-state index is 13.6. The van der Waals surface area contributed by atoms with Gasteiger partial charge in [0, 0.05) is 48.8 Å². The first-order valence-corrected chi connectivity index (χ1v) is 13.6. The highest BCUT2D eigenvalue weighted by atomic mass is 19.4. The fraction of sp³-hybridized carbons (Fsp3) is 0.226. The highest BCUT2D eigenvalue weighted by Gasteiger charge is 2.34. The Morgan fingerprint density at radius 1 is 0.780 bits per heavy atom. The zero-order valence-electron chi connectivity index (χ0n) is 22.0. The van der Waals surface area contributed by atoms with Crippen LogP contribution in [-0.2, 0) is 6.18 Å². The molecule has 10 heteroatoms. The van der Waals surface area contributed by atoms with Gasteiger partial charge in [0.05, 0.1) is 22.4 Å². The van der Waals surface area contributed by atoms with Crippen molar-refractivity contribution in [3.05, 3.63) is 89.2 Å². The standard InChI is InChI=1S/C31H26F3N7/c32-31(33,34)28-19-27(22-7-1-3-9-25(22)37-28)40-14-16-41(17-15-40)30-38-26-10-4-2-8-23(26)29(39-30)36-21-11-12-24-20(18-21)6-5-13-35-24/h1-10,12-13,18-19,21H,11,14-17H2,(H,36,38,39). The third kappa shape index (κ3) is 4.90. The fourth-order valence-corrected chi connectivity index (χ4v) is 5.57. The molecule has 2 aliphatic rings. The molecule has 41 heavy (non-hydrogen) atoms. The van der Waals surface area contributed by atoms with Crippen molar-refractivity contribution in [2.24, 2.45) is 0 Å². The van der Waals surface area contributed by atoms with Gasteiger partial charge in [-0.25, -0.2) is 9.97 Å². The lowest BCUT2D eigenvalue weighted by Crippen LogP contribution is -2.47. The molecule has 1 aliphatic carbocycles. The number of hydrogen-bond donors (Lipinski definition) is 1. The van der Waals surface area contributed by atoms with E-state index in [1.54, 1.807) is 18.3 Å². The Kier molecular flexibility index (Phi) is 6.18. The van der Waals surface area contributed by atoms with E-state index >= 15 is 0 Å². The Labute approximate surface area is 233 Å². The normalized spacial score (nSPS) is 17.2. The van der Waals surface area contributed by atoms with Crippen LogP contribution in [0.15, 0.2) is 72.9 Å². The van der Waals surface area contributed by atoms with Crippen LogP contribution in [0.3, 0.4) is 0 Å². The number of aromatic nitrogens is 4. The quantitative estimate of drug-likeness (QED) is 0.355. The number of benzene rings is 2. The summed E-state index contributed by atoms with van der Waals surface area (Å²) in [5, 5.41) is 7.32. The second kappa shape index (κ2) is 10.0. The molecule has 1 unspecified atom stereocenters. The van der Waals surface area contributed by atoms with Crippen LogP contribution in [0.5, 0.6) is 0 Å². The molecule has 0 radical (unpaired) electrons. The van der Waals surface area contributed by atoms with Gasteiger partial charge in [-0.15, -0.1) is 0 Å². The number of nitrogens with zero attached hydrogens (tertiary/aromatic N) is 6. The van der Waals surface area contributed by atoms with Crippen molar-refractivity contribution in [1.82, 2.24) is 19.9 Å². The Morgan fingerprint density at radius 2 is 1.49 bits per heavy atom. The molecule has 1 aliphatic heterocycles. The van der Waals surface area contributed by atoms with Gasteiger partial charge in [0.1, 0.15) is 11.5 Å². The third-order valence-corrected chi connectivity index (χ3v) is 7.62. The van der Waals surface area contributed by atoms with E-state index in [2.05, 4.69) is 38.4 Å². The molecule has 206 valence electrons. The van der Waals surface area contributed by atoms with Gasteiger partial charge in [0.2, 0.25) is 5.95 Å². The Hall–Kier alpha value is -4.73. The number of hydrogen-bond acceptors (Lipinski definition) is 7. The van der Waals surface area contributed by atoms with Crippen molar-refractivity contribution < 1.29 is 13.2 Å². The molecule has 5 aromatic rings. The first-order valence-electron chi connectivity index (χ1n) is 13.6. The molecule has 7 rings (SSSR count). The number of pyridine rings is 2. The van der Waals surface area contributed by atoms with Gasteiger partial charge in [0.25, 0.3) is 0 Å². The summed E-state index contributed by atoms with van der Waals surface area (Å²) in [5.41, 5.74) is 0.836. The lowest BCUT2D eigenvalue weighted by molar-refractivity contribution is -0.140. The maximum Gasteiger partial charge on any atom is 0.433 e. The second-order valence-electron chi connectivity index (χ2n) is 10.2. The van der Waals surface area contributed by atoms with Crippen molar-refractivity contribution in [2.75, 3.05) is 41.3 Å². The molecule has 7 nitrogen and oxygen atoms in total. The zero-order valence-corrected chi connectivity index (χ0v) is 22.0. The molecular weight excluding hydrogens is 527 g/mol. The van der Waals surface area contributed by atoms with Crippen LogP contribution in [0.1, 0.15) is 12.1 Å². The minimum absolute atomic E-state index is 0.0532. The van der Waals surface area contributed by atoms with E-state index in [1.165, 1.54) is 0 Å². The number of rotatable bonds is 4. The van der Waals surface area contributed by atoms with E-state index in [9.17, 15) is 13.2 Å². The second-order valence-corrected chi connectivity index (χ2v) is 10.2. The number of piperazine rings is 1. The largest absolute Gasteiger partial charge is 0.433 e. The van der Waals surface area contributed by atoms with Gasteiger partial charge in [-0.05, 0) is 42.0 Å². The van der Waals surface area contributed by atoms with E-state index < -0.39 is 11.9 Å². The fourth-order valence-electron chi connectivity index (χ4n) is 5.57. The first-order chi connectivity index (χ1) is 19.9. The topological polar surface area (TPSA) is 70.1 Å². The van der Waals surface area contributed by atoms with Crippen LogP contribution in [-0.4, -0.2) is 52.2 Å². The lowest BCUT2D eigenvalue weighted by Gasteiger charge is -2.37. The minimum atomic E-state index is -4.52. The number of nitrogens with one attached hydrogen (secondary N) is 1. The molecule has 0 amide bonds. The molecule has 0 spiro atoms. The number of halogens is 3. The number of fused-ring (bicyclic) bond motifs is 3. The number of anilines is 3. The molecule has 2 aromatic carbocycles. The molecular formula is C31H26F3N7. The van der Waals surface area contributed by atoms with Gasteiger partial charge in [-0.3, -0.25) is 4.98 Å². The van der Waals surface area contributed by atoms with Crippen LogP contribution in [0.25, 0.3) is 34.0 Å². The van der Waals surface area contributed by atoms with Crippen molar-refractivity contribution in [3.63, 3.8) is 0 Å². The molecule has 1 atom stereocenters. The molecule has 3 aromatic heterocycles. The predicted octanol–water partition coefficient (Wildman–Crippen LogP) is 4.36. The molecule has 1 fully saturated rings. The molecule has 1 saturated heterocycles. The van der Waals surface area contributed by atoms with Crippen LogP contribution < -0.4 is 25.7 Å². The van der Waals surface area contributed by atoms with Gasteiger partial charge in [-0.1, -0.05) is 48.6 Å². The lowest BCUT2D eigenvalue weighted by atomic mass is 10.1. The minimum Gasteiger partial charge on any atom is -0.367 e. The van der Waals surface area contributed by atoms with E-state index in [4.69, 9.17) is 9.97 Å². The molecule has 0 saturated carbocycles. The number of alkyl halides is 3. The average Bonchev–Trinajstić information content (AvgIpc) is 3.00. The Bertz CT molecular complexity index is 1880. The summed E-state index contributed by atoms with van der Waals surface area (Å²) in [5.74, 6) is 1.35. The summed E-state index contributed by atoms with van der Waals surface area (Å²) in [6, 6.07) is 20.1. The first kappa shape index (κ1) is 25.3. The molecule has 0 bridgehead atoms. The summed E-state index contributed by atoms with van der Waals surface area (Å²) < 4.78 is 40.9. The van der Waals surface area contributed by atoms with Gasteiger partial charge in [-0.2, -0.15) is 18.2 Å². The van der Waals surface area contributed by atoms with Gasteiger partial charge in [0.15, 0.2) is 0 Å². The van der Waals surface area contributed by atoms with Gasteiger partial charge >= 0.3 is 6.18 Å². The highest BCUT2D eigenvalue weighted by molar-refractivity contribution is 5.92. The summed E-state index contributed by atoms with van der Waals surface area (Å²) >= 11 is 0. The van der Waals surface area contributed by atoms with Crippen molar-refractivity contribution in [2.45, 2.75) is 18.6 Å². The Balaban J connectivity index is 1.17. The molecule has 1 N–H and O–H groups in total. The predicted molar refractivity (Wildman–Crippen MR) is 155 cm³/mol. The summed E-state index contributed by atoms with van der Waals surface area (Å²) in [6.07, 6.45) is 2.37. The van der Waals surface area contributed by atoms with Crippen molar-refractivity contribution in [3.8, 4) is 0 Å². The summed E-state index contributed by atoms with van der Waals surface area (Å²) in [6.45, 7) is 2.19. The van der Waals surface area contributed by atoms with Crippen LogP contribution in [0.2, 0.25) is 0 Å². The average molecular weight is 554 g/mol. The molecule has 4 heterocycles. The van der Waals surface area contributed by atoms with Crippen molar-refractivity contribution in [1.29, 1.82) is 0 Å². The van der Waals surface area contributed by atoms with E-state index in [1.807, 2.05) is 47.4 Å².